The summed E-state index contributed by atoms with van der Waals surface area (Å²) < 4.78 is 0. The number of anilines is 6. The molecule has 414 valence electrons. The summed E-state index contributed by atoms with van der Waals surface area (Å²) >= 11 is 0. The van der Waals surface area contributed by atoms with Crippen LogP contribution in [-0.4, -0.2) is 13.4 Å². The van der Waals surface area contributed by atoms with Gasteiger partial charge in [0.25, 0.3) is 0 Å². The molecule has 0 saturated carbocycles. The van der Waals surface area contributed by atoms with Crippen molar-refractivity contribution < 1.29 is 0 Å². The predicted molar refractivity (Wildman–Crippen MR) is 379 cm³/mol. The Morgan fingerprint density at radius 1 is 0.250 bits per heavy atom. The molecule has 2 nitrogen and oxygen atoms in total. The third-order valence-corrected chi connectivity index (χ3v) is 20.1. The summed E-state index contributed by atoms with van der Waals surface area (Å²) in [4.78, 5) is 5.13. The molecule has 14 aromatic carbocycles. The fourth-order valence-corrected chi connectivity index (χ4v) is 16.1. The summed E-state index contributed by atoms with van der Waals surface area (Å²) in [5, 5.41) is 8.01. The first-order chi connectivity index (χ1) is 43.0. The zero-order chi connectivity index (χ0) is 58.9. The van der Waals surface area contributed by atoms with E-state index in [0.717, 1.165) is 11.4 Å². The van der Waals surface area contributed by atoms with Crippen molar-refractivity contribution in [1.82, 2.24) is 0 Å². The zero-order valence-electron chi connectivity index (χ0n) is 50.5. The maximum Gasteiger partial charge on any atom is 0.248 e. The van der Waals surface area contributed by atoms with Gasteiger partial charge in [-0.15, -0.1) is 0 Å². The first kappa shape index (κ1) is 51.1. The summed E-state index contributed by atoms with van der Waals surface area (Å²) in [6.45, 7) is 14.2. The topological polar surface area (TPSA) is 6.48 Å². The molecular weight excluding hydrogens is 1060 g/mol. The number of fused-ring (bicyclic) bond motifs is 8. The molecule has 0 N–H and O–H groups in total. The van der Waals surface area contributed by atoms with Crippen LogP contribution in [0.3, 0.4) is 0 Å². The quantitative estimate of drug-likeness (QED) is 0.121. The summed E-state index contributed by atoms with van der Waals surface area (Å²) in [5.41, 5.74) is 32.8. The molecule has 88 heavy (non-hydrogen) atoms. The molecule has 0 spiro atoms. The van der Waals surface area contributed by atoms with Crippen LogP contribution in [0, 0.1) is 0 Å². The average molecular weight is 1120 g/mol. The molecule has 0 radical (unpaired) electrons. The van der Waals surface area contributed by atoms with E-state index in [9.17, 15) is 0 Å². The number of benzene rings is 14. The van der Waals surface area contributed by atoms with Crippen molar-refractivity contribution in [1.29, 1.82) is 0 Å². The second kappa shape index (κ2) is 18.7. The van der Waals surface area contributed by atoms with Gasteiger partial charge in [-0.1, -0.05) is 259 Å². The zero-order valence-corrected chi connectivity index (χ0v) is 50.5. The molecule has 0 bridgehead atoms. The maximum atomic E-state index is 2.70. The van der Waals surface area contributed by atoms with E-state index in [0.29, 0.717) is 0 Å². The molecule has 4 aliphatic heterocycles. The van der Waals surface area contributed by atoms with Crippen LogP contribution in [0.5, 0.6) is 0 Å². The predicted octanol–water partition coefficient (Wildman–Crippen LogP) is 18.4. The van der Waals surface area contributed by atoms with Gasteiger partial charge in [-0.25, -0.2) is 0 Å². The second-order valence-electron chi connectivity index (χ2n) is 27.0. The second-order valence-corrected chi connectivity index (χ2v) is 27.0. The molecule has 14 aromatic rings. The minimum Gasteiger partial charge on any atom is -0.311 e. The van der Waals surface area contributed by atoms with Gasteiger partial charge in [0.05, 0.1) is 0 Å². The Morgan fingerprint density at radius 3 is 0.977 bits per heavy atom. The van der Waals surface area contributed by atoms with Gasteiger partial charge in [-0.3, -0.25) is 0 Å². The smallest absolute Gasteiger partial charge is 0.248 e. The van der Waals surface area contributed by atoms with Gasteiger partial charge in [0.1, 0.15) is 0 Å². The van der Waals surface area contributed by atoms with Crippen LogP contribution in [0.25, 0.3) is 99.1 Å². The fourth-order valence-electron chi connectivity index (χ4n) is 16.1. The number of hydrogen-bond donors (Lipinski definition) is 0. The van der Waals surface area contributed by atoms with E-state index in [-0.39, 0.29) is 24.3 Å². The van der Waals surface area contributed by atoms with Gasteiger partial charge in [0, 0.05) is 34.1 Å². The molecular formula is C84H62B2N2. The molecule has 4 heteroatoms. The van der Waals surface area contributed by atoms with E-state index >= 15 is 0 Å². The highest BCUT2D eigenvalue weighted by Gasteiger charge is 2.46. The molecule has 4 aliphatic rings. The minimum atomic E-state index is -0.153. The van der Waals surface area contributed by atoms with Crippen molar-refractivity contribution in [2.24, 2.45) is 0 Å². The maximum absolute atomic E-state index is 2.70. The van der Waals surface area contributed by atoms with E-state index in [4.69, 9.17) is 0 Å². The first-order valence-electron chi connectivity index (χ1n) is 31.4. The third kappa shape index (κ3) is 7.27. The van der Waals surface area contributed by atoms with Gasteiger partial charge in [-0.05, 0) is 204 Å². The summed E-state index contributed by atoms with van der Waals surface area (Å²) in [6.07, 6.45) is 0. The van der Waals surface area contributed by atoms with Crippen LogP contribution in [0.15, 0.2) is 267 Å². The van der Waals surface area contributed by atoms with E-state index in [1.807, 2.05) is 0 Å². The van der Waals surface area contributed by atoms with Crippen molar-refractivity contribution in [2.75, 3.05) is 9.80 Å². The molecule has 4 heterocycles. The normalized spacial score (nSPS) is 13.5. The van der Waals surface area contributed by atoms with Gasteiger partial charge in [0.2, 0.25) is 13.4 Å². The molecule has 0 aliphatic carbocycles. The average Bonchev–Trinajstić information content (AvgIpc) is 0.670. The number of hydrogen-bond acceptors (Lipinski definition) is 2. The number of para-hydroxylation sites is 4. The monoisotopic (exact) mass is 1120 g/mol. The lowest BCUT2D eigenvalue weighted by Gasteiger charge is -2.43. The van der Waals surface area contributed by atoms with Crippen LogP contribution < -0.4 is 42.6 Å². The van der Waals surface area contributed by atoms with Crippen molar-refractivity contribution in [3.8, 4) is 66.8 Å². The van der Waals surface area contributed by atoms with Crippen LogP contribution >= 0.6 is 0 Å². The Morgan fingerprint density at radius 2 is 0.591 bits per heavy atom. The van der Waals surface area contributed by atoms with Crippen molar-refractivity contribution in [3.05, 3.63) is 278 Å². The Balaban J connectivity index is 1.09. The van der Waals surface area contributed by atoms with Crippen LogP contribution in [0.1, 0.15) is 52.7 Å². The van der Waals surface area contributed by atoms with Gasteiger partial charge in [-0.2, -0.15) is 0 Å². The lowest BCUT2D eigenvalue weighted by Crippen LogP contribution is -2.60. The first-order valence-corrected chi connectivity index (χ1v) is 31.4. The Labute approximate surface area is 516 Å². The van der Waals surface area contributed by atoms with Crippen molar-refractivity contribution in [3.63, 3.8) is 0 Å². The molecule has 0 saturated heterocycles. The Bertz CT molecular complexity index is 4900. The highest BCUT2D eigenvalue weighted by molar-refractivity contribution is 7.02. The largest absolute Gasteiger partial charge is 0.311 e. The molecule has 18 rings (SSSR count). The molecule has 0 amide bonds. The highest BCUT2D eigenvalue weighted by Crippen LogP contribution is 2.54. The van der Waals surface area contributed by atoms with Crippen LogP contribution in [0.2, 0.25) is 0 Å². The lowest BCUT2D eigenvalue weighted by atomic mass is 9.31. The number of rotatable bonds is 6. The SMILES string of the molecule is CC(C)(C)c1cc2c3c(c1)N(c1ccccc1)c1ccccc1B3c1cc3c(-c4ccccc4-c4ccccc4)cc4c5c(cc6c(-c7ccccc7-c7ccccc7)cc-2c1c6c35)B1c2ccccc2N(c2ccccc2)c2cc(C(C)(C)C)cc-4c21. The van der Waals surface area contributed by atoms with Gasteiger partial charge < -0.3 is 9.80 Å². The molecule has 0 unspecified atom stereocenters. The minimum absolute atomic E-state index is 0.0622. The fraction of sp³-hybridized carbons (Fsp3) is 0.0952. The summed E-state index contributed by atoms with van der Waals surface area (Å²) in [6, 6.07) is 102. The van der Waals surface area contributed by atoms with E-state index in [2.05, 4.69) is 318 Å². The van der Waals surface area contributed by atoms with Gasteiger partial charge in [0.15, 0.2) is 0 Å². The van der Waals surface area contributed by atoms with Crippen molar-refractivity contribution >= 4 is 113 Å². The van der Waals surface area contributed by atoms with Gasteiger partial charge >= 0.3 is 0 Å². The van der Waals surface area contributed by atoms with E-state index in [1.165, 1.54) is 166 Å². The van der Waals surface area contributed by atoms with E-state index < -0.39 is 0 Å². The van der Waals surface area contributed by atoms with Crippen LogP contribution in [0.4, 0.5) is 34.1 Å². The van der Waals surface area contributed by atoms with Crippen LogP contribution in [-0.2, 0) is 10.8 Å². The Hall–Kier alpha value is -10.2. The highest BCUT2D eigenvalue weighted by atomic mass is 15.2. The molecule has 0 atom stereocenters. The standard InChI is InChI=1S/C84H62B2N2/c1-83(2,3)53-43-67-63-47-61(59-37-21-19-35-57(59)51-27-11-7-12-28-51)65-50-72-78-64(68-44-54(84(4,5)6)46-76-82(68)86(72)70-40-24-26-42-74(70)88(76)56-33-17-10-18-34-56)48-62(60-38-22-20-36-58(60)52-29-13-8-14-30-52)66-49-71(77(63)79(65)80(66)78)85-69-39-23-25-41-73(69)87(75(45-53)81(67)85)55-31-15-9-16-32-55/h7-50H,1-6H3. The number of nitrogens with zero attached hydrogens (tertiary/aromatic N) is 2. The van der Waals surface area contributed by atoms with E-state index in [1.54, 1.807) is 0 Å². The molecule has 0 aromatic heterocycles. The Kier molecular flexibility index (Phi) is 10.8. The molecule has 0 fully saturated rings. The van der Waals surface area contributed by atoms with Crippen molar-refractivity contribution in [2.45, 2.75) is 52.4 Å². The summed E-state index contributed by atoms with van der Waals surface area (Å²) in [7, 11) is 0. The summed E-state index contributed by atoms with van der Waals surface area (Å²) in [5.74, 6) is 0. The lowest BCUT2D eigenvalue weighted by molar-refractivity contribution is 0.590. The third-order valence-electron chi connectivity index (χ3n) is 20.1.